The van der Waals surface area contributed by atoms with Crippen molar-refractivity contribution in [3.8, 4) is 5.75 Å². The van der Waals surface area contributed by atoms with E-state index in [4.69, 9.17) is 4.74 Å². The molecule has 2 rings (SSSR count). The van der Waals surface area contributed by atoms with Crippen LogP contribution in [0.15, 0.2) is 30.3 Å². The molecule has 1 fully saturated rings. The van der Waals surface area contributed by atoms with Gasteiger partial charge in [-0.25, -0.2) is 0 Å². The van der Waals surface area contributed by atoms with Gasteiger partial charge in [0.05, 0.1) is 6.10 Å². The highest BCUT2D eigenvalue weighted by Gasteiger charge is 2.22. The molecule has 1 aliphatic heterocycles. The maximum atomic E-state index is 9.28. The van der Waals surface area contributed by atoms with E-state index in [1.807, 2.05) is 30.3 Å². The summed E-state index contributed by atoms with van der Waals surface area (Å²) >= 11 is 0. The van der Waals surface area contributed by atoms with E-state index in [0.29, 0.717) is 13.2 Å². The number of para-hydroxylation sites is 1. The lowest BCUT2D eigenvalue weighted by Crippen LogP contribution is -2.28. The zero-order chi connectivity index (χ0) is 9.80. The Morgan fingerprint density at radius 2 is 2.14 bits per heavy atom. The van der Waals surface area contributed by atoms with Gasteiger partial charge in [0.15, 0.2) is 0 Å². The van der Waals surface area contributed by atoms with Crippen molar-refractivity contribution in [2.75, 3.05) is 13.2 Å². The molecule has 0 aliphatic carbocycles. The van der Waals surface area contributed by atoms with Crippen LogP contribution in [0.4, 0.5) is 0 Å². The molecular formula is C11H15NO2. The molecule has 1 aromatic rings. The van der Waals surface area contributed by atoms with Crippen LogP contribution >= 0.6 is 0 Å². The fourth-order valence-corrected chi connectivity index (χ4v) is 1.64. The van der Waals surface area contributed by atoms with E-state index < -0.39 is 0 Å². The van der Waals surface area contributed by atoms with Crippen LogP contribution in [0.3, 0.4) is 0 Å². The number of rotatable bonds is 3. The fraction of sp³-hybridized carbons (Fsp3) is 0.455. The SMILES string of the molecule is OC1CNC(COc2ccccc2)C1. The lowest BCUT2D eigenvalue weighted by Gasteiger charge is -2.11. The Morgan fingerprint density at radius 3 is 2.79 bits per heavy atom. The molecule has 1 aliphatic rings. The third-order valence-corrected chi connectivity index (χ3v) is 2.39. The van der Waals surface area contributed by atoms with E-state index in [0.717, 1.165) is 12.2 Å². The molecule has 1 heterocycles. The molecular weight excluding hydrogens is 178 g/mol. The Kier molecular flexibility index (Phi) is 3.01. The van der Waals surface area contributed by atoms with Crippen LogP contribution < -0.4 is 10.1 Å². The summed E-state index contributed by atoms with van der Waals surface area (Å²) < 4.78 is 5.56. The van der Waals surface area contributed by atoms with E-state index in [1.54, 1.807) is 0 Å². The van der Waals surface area contributed by atoms with Crippen LogP contribution in [0.1, 0.15) is 6.42 Å². The number of nitrogens with one attached hydrogen (secondary N) is 1. The molecule has 2 atom stereocenters. The maximum absolute atomic E-state index is 9.28. The molecule has 76 valence electrons. The molecule has 1 saturated heterocycles. The minimum atomic E-state index is -0.209. The number of β-amino-alcohol motifs (C(OH)–C–C–N with tert-alkyl or cyclic N) is 1. The second kappa shape index (κ2) is 4.44. The summed E-state index contributed by atoms with van der Waals surface area (Å²) in [6.45, 7) is 1.31. The molecule has 14 heavy (non-hydrogen) atoms. The van der Waals surface area contributed by atoms with Gasteiger partial charge in [-0.2, -0.15) is 0 Å². The van der Waals surface area contributed by atoms with Crippen molar-refractivity contribution >= 4 is 0 Å². The number of hydrogen-bond donors (Lipinski definition) is 2. The molecule has 0 bridgehead atoms. The fourth-order valence-electron chi connectivity index (χ4n) is 1.64. The standard InChI is InChI=1S/C11H15NO2/c13-10-6-9(12-7-10)8-14-11-4-2-1-3-5-11/h1-5,9-10,12-13H,6-8H2. The Bertz CT molecular complexity index is 276. The number of aliphatic hydroxyl groups is 1. The average molecular weight is 193 g/mol. The minimum absolute atomic E-state index is 0.209. The summed E-state index contributed by atoms with van der Waals surface area (Å²) in [5, 5.41) is 12.5. The van der Waals surface area contributed by atoms with E-state index in [1.165, 1.54) is 0 Å². The molecule has 2 unspecified atom stereocenters. The highest BCUT2D eigenvalue weighted by Crippen LogP contribution is 2.11. The first-order valence-corrected chi connectivity index (χ1v) is 4.94. The smallest absolute Gasteiger partial charge is 0.119 e. The van der Waals surface area contributed by atoms with E-state index in [2.05, 4.69) is 5.32 Å². The van der Waals surface area contributed by atoms with Crippen LogP contribution in [-0.2, 0) is 0 Å². The van der Waals surface area contributed by atoms with E-state index in [9.17, 15) is 5.11 Å². The second-order valence-corrected chi connectivity index (χ2v) is 3.62. The predicted molar refractivity (Wildman–Crippen MR) is 54.4 cm³/mol. The zero-order valence-corrected chi connectivity index (χ0v) is 8.02. The molecule has 0 saturated carbocycles. The van der Waals surface area contributed by atoms with Crippen molar-refractivity contribution in [3.05, 3.63) is 30.3 Å². The Morgan fingerprint density at radius 1 is 1.36 bits per heavy atom. The van der Waals surface area contributed by atoms with Crippen LogP contribution in [-0.4, -0.2) is 30.4 Å². The Balaban J connectivity index is 1.78. The molecule has 0 amide bonds. The minimum Gasteiger partial charge on any atom is -0.492 e. The van der Waals surface area contributed by atoms with E-state index >= 15 is 0 Å². The molecule has 1 aromatic carbocycles. The Labute approximate surface area is 83.7 Å². The van der Waals surface area contributed by atoms with E-state index in [-0.39, 0.29) is 12.1 Å². The number of benzene rings is 1. The second-order valence-electron chi connectivity index (χ2n) is 3.62. The van der Waals surface area contributed by atoms with Gasteiger partial charge in [0.2, 0.25) is 0 Å². The summed E-state index contributed by atoms with van der Waals surface area (Å²) in [6.07, 6.45) is 0.576. The first-order chi connectivity index (χ1) is 6.84. The topological polar surface area (TPSA) is 41.5 Å². The van der Waals surface area contributed by atoms with Gasteiger partial charge in [-0.05, 0) is 18.6 Å². The first kappa shape index (κ1) is 9.49. The van der Waals surface area contributed by atoms with Crippen molar-refractivity contribution in [2.45, 2.75) is 18.6 Å². The summed E-state index contributed by atoms with van der Waals surface area (Å²) in [5.74, 6) is 0.885. The van der Waals surface area contributed by atoms with Crippen molar-refractivity contribution in [2.24, 2.45) is 0 Å². The molecule has 0 aromatic heterocycles. The molecule has 0 radical (unpaired) electrons. The Hall–Kier alpha value is -1.06. The van der Waals surface area contributed by atoms with Gasteiger partial charge >= 0.3 is 0 Å². The number of aliphatic hydroxyl groups excluding tert-OH is 1. The van der Waals surface area contributed by atoms with Gasteiger partial charge in [0.25, 0.3) is 0 Å². The third-order valence-electron chi connectivity index (χ3n) is 2.39. The maximum Gasteiger partial charge on any atom is 0.119 e. The molecule has 3 nitrogen and oxygen atoms in total. The molecule has 3 heteroatoms. The van der Waals surface area contributed by atoms with Crippen LogP contribution in [0, 0.1) is 0 Å². The lowest BCUT2D eigenvalue weighted by molar-refractivity contribution is 0.187. The molecule has 2 N–H and O–H groups in total. The van der Waals surface area contributed by atoms with Crippen LogP contribution in [0.25, 0.3) is 0 Å². The van der Waals surface area contributed by atoms with Gasteiger partial charge in [-0.15, -0.1) is 0 Å². The van der Waals surface area contributed by atoms with Gasteiger partial charge in [0, 0.05) is 12.6 Å². The van der Waals surface area contributed by atoms with Crippen LogP contribution in [0.5, 0.6) is 5.75 Å². The van der Waals surface area contributed by atoms with Crippen molar-refractivity contribution in [1.82, 2.24) is 5.32 Å². The zero-order valence-electron chi connectivity index (χ0n) is 8.02. The normalized spacial score (nSPS) is 26.4. The van der Waals surface area contributed by atoms with Crippen molar-refractivity contribution < 1.29 is 9.84 Å². The molecule has 0 spiro atoms. The van der Waals surface area contributed by atoms with Crippen LogP contribution in [0.2, 0.25) is 0 Å². The van der Waals surface area contributed by atoms with Gasteiger partial charge < -0.3 is 15.2 Å². The monoisotopic (exact) mass is 193 g/mol. The van der Waals surface area contributed by atoms with Crippen molar-refractivity contribution in [1.29, 1.82) is 0 Å². The largest absolute Gasteiger partial charge is 0.492 e. The number of hydrogen-bond acceptors (Lipinski definition) is 3. The highest BCUT2D eigenvalue weighted by atomic mass is 16.5. The van der Waals surface area contributed by atoms with Crippen molar-refractivity contribution in [3.63, 3.8) is 0 Å². The predicted octanol–water partition coefficient (Wildman–Crippen LogP) is 0.788. The average Bonchev–Trinajstić information content (AvgIpc) is 2.63. The lowest BCUT2D eigenvalue weighted by atomic mass is 10.2. The van der Waals surface area contributed by atoms with Gasteiger partial charge in [-0.3, -0.25) is 0 Å². The van der Waals surface area contributed by atoms with Gasteiger partial charge in [0.1, 0.15) is 12.4 Å². The number of ether oxygens (including phenoxy) is 1. The highest BCUT2D eigenvalue weighted by molar-refractivity contribution is 5.20. The third kappa shape index (κ3) is 2.47. The summed E-state index contributed by atoms with van der Waals surface area (Å²) in [4.78, 5) is 0. The quantitative estimate of drug-likeness (QED) is 0.745. The van der Waals surface area contributed by atoms with Gasteiger partial charge in [-0.1, -0.05) is 18.2 Å². The summed E-state index contributed by atoms with van der Waals surface area (Å²) in [7, 11) is 0. The summed E-state index contributed by atoms with van der Waals surface area (Å²) in [6, 6.07) is 10.0. The first-order valence-electron chi connectivity index (χ1n) is 4.94. The summed E-state index contributed by atoms with van der Waals surface area (Å²) in [5.41, 5.74) is 0.